The standard InChI is InChI=1S/C5H7N3O2.Hg/c1-2-7-5(10)4(9)3-8-6;/h3H,2H2,1H3,(H,7,10);/q;+1/p-1. The fraction of sp³-hybridized carbons (Fsp3) is 0.400. The molecule has 0 unspecified atom stereocenters. The first kappa shape index (κ1) is 13.1. The van der Waals surface area contributed by atoms with Crippen LogP contribution in [-0.4, -0.2) is 29.2 Å². The van der Waals surface area contributed by atoms with Gasteiger partial charge in [-0.05, 0) is 6.92 Å². The number of hydrogen-bond donors (Lipinski definition) is 0. The Labute approximate surface area is 84.3 Å². The summed E-state index contributed by atoms with van der Waals surface area (Å²) in [6.07, 6.45) is 0.515. The number of carbonyl (C=O) groups excluding carboxylic acids is 1. The van der Waals surface area contributed by atoms with E-state index in [4.69, 9.17) is 5.53 Å². The molecule has 0 bridgehead atoms. The van der Waals surface area contributed by atoms with E-state index in [1.807, 2.05) is 0 Å². The van der Waals surface area contributed by atoms with Gasteiger partial charge in [-0.2, -0.15) is 4.79 Å². The SMILES string of the molecule is CCN=C([O-])C(=O)C=[N+]=[N-].[Hg+]. The number of ketones is 1. The minimum atomic E-state index is -0.913. The van der Waals surface area contributed by atoms with Crippen LogP contribution < -0.4 is 5.11 Å². The molecule has 0 spiro atoms. The Morgan fingerprint density at radius 2 is 2.36 bits per heavy atom. The van der Waals surface area contributed by atoms with Crippen LogP contribution in [0.25, 0.3) is 5.53 Å². The van der Waals surface area contributed by atoms with Gasteiger partial charge in [0.2, 0.25) is 0 Å². The van der Waals surface area contributed by atoms with Crippen molar-refractivity contribution in [3.8, 4) is 0 Å². The first-order valence-corrected chi connectivity index (χ1v) is 2.65. The van der Waals surface area contributed by atoms with Crippen LogP contribution in [0.4, 0.5) is 0 Å². The van der Waals surface area contributed by atoms with E-state index in [-0.39, 0.29) is 34.2 Å². The molecule has 0 fully saturated rings. The molecule has 0 aliphatic rings. The third-order valence-corrected chi connectivity index (χ3v) is 0.687. The first-order chi connectivity index (χ1) is 4.72. The summed E-state index contributed by atoms with van der Waals surface area (Å²) in [5.41, 5.74) is 7.81. The molecule has 11 heavy (non-hydrogen) atoms. The predicted octanol–water partition coefficient (Wildman–Crippen LogP) is -1.37. The summed E-state index contributed by atoms with van der Waals surface area (Å²) in [7, 11) is 0. The zero-order valence-corrected chi connectivity index (χ0v) is 11.6. The molecule has 6 heteroatoms. The fourth-order valence-corrected chi connectivity index (χ4v) is 0.329. The second-order valence-electron chi connectivity index (χ2n) is 1.39. The molecular weight excluding hydrogens is 335 g/mol. The second kappa shape index (κ2) is 7.56. The number of hydrogen-bond acceptors (Lipinski definition) is 3. The van der Waals surface area contributed by atoms with Gasteiger partial charge in [-0.25, -0.2) is 0 Å². The maximum atomic E-state index is 10.4. The Morgan fingerprint density at radius 1 is 1.82 bits per heavy atom. The third-order valence-electron chi connectivity index (χ3n) is 0.687. The molecule has 5 nitrogen and oxygen atoms in total. The largest absolute Gasteiger partial charge is 1.00 e. The smallest absolute Gasteiger partial charge is 0.856 e. The average Bonchev–Trinajstić information content (AvgIpc) is 1.89. The maximum Gasteiger partial charge on any atom is 1.00 e. The van der Waals surface area contributed by atoms with Crippen LogP contribution in [0.2, 0.25) is 0 Å². The average molecular weight is 341 g/mol. The van der Waals surface area contributed by atoms with Crippen LogP contribution in [0.15, 0.2) is 4.99 Å². The number of rotatable bonds is 3. The quantitative estimate of drug-likeness (QED) is 0.209. The fourth-order valence-electron chi connectivity index (χ4n) is 0.329. The van der Waals surface area contributed by atoms with Crippen LogP contribution in [-0.2, 0) is 32.5 Å². The molecule has 0 aromatic heterocycles. The first-order valence-electron chi connectivity index (χ1n) is 2.65. The van der Waals surface area contributed by atoms with Gasteiger partial charge in [0, 0.05) is 12.4 Å². The van der Waals surface area contributed by atoms with Gasteiger partial charge in [0.15, 0.2) is 0 Å². The zero-order valence-electron chi connectivity index (χ0n) is 6.15. The van der Waals surface area contributed by atoms with Gasteiger partial charge < -0.3 is 10.6 Å². The molecule has 1 radical (unpaired) electrons. The van der Waals surface area contributed by atoms with E-state index >= 15 is 0 Å². The minimum absolute atomic E-state index is 0. The van der Waals surface area contributed by atoms with Gasteiger partial charge in [0.1, 0.15) is 0 Å². The Bertz CT molecular complexity index is 208. The molecule has 55 valence electrons. The van der Waals surface area contributed by atoms with Crippen LogP contribution >= 0.6 is 0 Å². The molecule has 0 aliphatic heterocycles. The topological polar surface area (TPSA) is 88.9 Å². The van der Waals surface area contributed by atoms with Crippen molar-refractivity contribution in [1.82, 2.24) is 0 Å². The molecule has 0 rings (SSSR count). The maximum absolute atomic E-state index is 10.4. The van der Waals surface area contributed by atoms with Gasteiger partial charge in [0.05, 0.1) is 0 Å². The second-order valence-corrected chi connectivity index (χ2v) is 1.39. The van der Waals surface area contributed by atoms with E-state index in [2.05, 4.69) is 9.78 Å². The Hall–Kier alpha value is -0.545. The summed E-state index contributed by atoms with van der Waals surface area (Å²) in [6.45, 7) is 1.88. The summed E-state index contributed by atoms with van der Waals surface area (Å²) in [5.74, 6) is -1.80. The van der Waals surface area contributed by atoms with Crippen LogP contribution in [0, 0.1) is 0 Å². The van der Waals surface area contributed by atoms with Crippen molar-refractivity contribution >= 4 is 17.9 Å². The Kier molecular flexibility index (Phi) is 8.99. The van der Waals surface area contributed by atoms with E-state index in [0.29, 0.717) is 6.21 Å². The molecule has 0 aromatic rings. The van der Waals surface area contributed by atoms with E-state index in [9.17, 15) is 9.90 Å². The number of nitrogens with zero attached hydrogens (tertiary/aromatic N) is 3. The molecule has 0 atom stereocenters. The van der Waals surface area contributed by atoms with E-state index < -0.39 is 11.7 Å². The zero-order chi connectivity index (χ0) is 7.98. The van der Waals surface area contributed by atoms with Gasteiger partial charge in [-0.1, -0.05) is 0 Å². The number of carbonyl (C=O) groups is 1. The Balaban J connectivity index is 0. The molecule has 0 amide bonds. The summed E-state index contributed by atoms with van der Waals surface area (Å²) >= 11 is 0. The van der Waals surface area contributed by atoms with Crippen molar-refractivity contribution in [2.24, 2.45) is 4.99 Å². The number of Topliss-reactive ketones (excluding diaryl/α,β-unsaturated/α-hetero) is 1. The molecular formula is C5H6HgN3O2. The van der Waals surface area contributed by atoms with Crippen molar-refractivity contribution < 1.29 is 42.4 Å². The van der Waals surface area contributed by atoms with Crippen molar-refractivity contribution in [3.63, 3.8) is 0 Å². The molecule has 0 heterocycles. The minimum Gasteiger partial charge on any atom is -0.856 e. The summed E-state index contributed by atoms with van der Waals surface area (Å²) in [6, 6.07) is 0. The van der Waals surface area contributed by atoms with Gasteiger partial charge in [-0.15, -0.1) is 0 Å². The van der Waals surface area contributed by atoms with Crippen molar-refractivity contribution in [2.45, 2.75) is 6.92 Å². The van der Waals surface area contributed by atoms with Crippen LogP contribution in [0.1, 0.15) is 6.92 Å². The van der Waals surface area contributed by atoms with Gasteiger partial charge >= 0.3 is 33.9 Å². The van der Waals surface area contributed by atoms with Crippen molar-refractivity contribution in [1.29, 1.82) is 0 Å². The monoisotopic (exact) mass is 342 g/mol. The van der Waals surface area contributed by atoms with Gasteiger partial charge in [-0.3, -0.25) is 9.79 Å². The van der Waals surface area contributed by atoms with Crippen molar-refractivity contribution in [3.05, 3.63) is 5.53 Å². The predicted molar refractivity (Wildman–Crippen MR) is 32.7 cm³/mol. The normalized spacial score (nSPS) is 9.36. The number of aliphatic imine (C=N–C) groups is 1. The molecule has 0 saturated carbocycles. The van der Waals surface area contributed by atoms with Crippen LogP contribution in [0.5, 0.6) is 0 Å². The third kappa shape index (κ3) is 5.88. The summed E-state index contributed by atoms with van der Waals surface area (Å²) in [4.78, 5) is 16.0. The molecule has 0 N–H and O–H groups in total. The summed E-state index contributed by atoms with van der Waals surface area (Å²) in [5, 5.41) is 10.4. The molecule has 0 aliphatic carbocycles. The Morgan fingerprint density at radius 3 is 2.73 bits per heavy atom. The van der Waals surface area contributed by atoms with E-state index in [1.165, 1.54) is 0 Å². The van der Waals surface area contributed by atoms with Crippen LogP contribution in [0.3, 0.4) is 0 Å². The summed E-state index contributed by atoms with van der Waals surface area (Å²) < 4.78 is 0. The van der Waals surface area contributed by atoms with Crippen molar-refractivity contribution in [2.75, 3.05) is 6.54 Å². The van der Waals surface area contributed by atoms with E-state index in [0.717, 1.165) is 0 Å². The molecule has 0 aromatic carbocycles. The van der Waals surface area contributed by atoms with E-state index in [1.54, 1.807) is 6.92 Å². The van der Waals surface area contributed by atoms with Gasteiger partial charge in [0.25, 0.3) is 5.78 Å². The molecule has 0 saturated heterocycles.